The number of aliphatic hydroxyl groups is 1. The van der Waals surface area contributed by atoms with Crippen molar-refractivity contribution in [3.8, 4) is 11.6 Å². The van der Waals surface area contributed by atoms with Crippen molar-refractivity contribution in [2.45, 2.75) is 37.6 Å². The van der Waals surface area contributed by atoms with Crippen LogP contribution in [-0.4, -0.2) is 52.2 Å². The number of aliphatic hydroxyl groups excluding tert-OH is 1. The van der Waals surface area contributed by atoms with Crippen LogP contribution in [0.15, 0.2) is 36.8 Å². The lowest BCUT2D eigenvalue weighted by Gasteiger charge is -2.38. The summed E-state index contributed by atoms with van der Waals surface area (Å²) in [5.74, 6) is 0.00312. The molecule has 1 unspecified atom stereocenters. The summed E-state index contributed by atoms with van der Waals surface area (Å²) in [6, 6.07) is 3.05. The summed E-state index contributed by atoms with van der Waals surface area (Å²) >= 11 is 0. The Hall–Kier alpha value is -2.88. The van der Waals surface area contributed by atoms with E-state index in [-0.39, 0.29) is 11.8 Å². The number of nitrogens with zero attached hydrogens (tertiary/aromatic N) is 3. The largest absolute Gasteiger partial charge is 0.496 e. The van der Waals surface area contributed by atoms with Crippen molar-refractivity contribution >= 4 is 5.91 Å². The molecule has 162 valence electrons. The highest BCUT2D eigenvalue weighted by Gasteiger charge is 2.34. The number of halogens is 3. The maximum atomic E-state index is 12.7. The molecule has 1 aliphatic rings. The van der Waals surface area contributed by atoms with Crippen molar-refractivity contribution in [1.29, 1.82) is 0 Å². The number of hydrogen-bond acceptors (Lipinski definition) is 6. The minimum Gasteiger partial charge on any atom is -0.496 e. The van der Waals surface area contributed by atoms with Crippen molar-refractivity contribution in [3.05, 3.63) is 47.9 Å². The first-order chi connectivity index (χ1) is 14.3. The molecular formula is C20H22F3N3O4. The van der Waals surface area contributed by atoms with Crippen molar-refractivity contribution in [2.24, 2.45) is 0 Å². The number of carbonyl (C=O) groups is 1. The average Bonchev–Trinajstić information content (AvgIpc) is 2.76. The predicted molar refractivity (Wildman–Crippen MR) is 99.8 cm³/mol. The average molecular weight is 425 g/mol. The smallest absolute Gasteiger partial charge is 0.417 e. The van der Waals surface area contributed by atoms with Gasteiger partial charge >= 0.3 is 6.18 Å². The van der Waals surface area contributed by atoms with Crippen LogP contribution in [0.5, 0.6) is 11.6 Å². The van der Waals surface area contributed by atoms with E-state index in [1.165, 1.54) is 18.2 Å². The number of ether oxygens (including phenoxy) is 2. The fourth-order valence-corrected chi connectivity index (χ4v) is 3.46. The van der Waals surface area contributed by atoms with Gasteiger partial charge in [-0.25, -0.2) is 4.98 Å². The molecule has 1 fully saturated rings. The van der Waals surface area contributed by atoms with Gasteiger partial charge in [0.2, 0.25) is 5.88 Å². The quantitative estimate of drug-likeness (QED) is 0.766. The van der Waals surface area contributed by atoms with Gasteiger partial charge < -0.3 is 19.5 Å². The molecule has 0 aliphatic carbocycles. The van der Waals surface area contributed by atoms with Gasteiger partial charge in [-0.2, -0.15) is 13.2 Å². The van der Waals surface area contributed by atoms with E-state index in [0.29, 0.717) is 30.5 Å². The fourth-order valence-electron chi connectivity index (χ4n) is 3.46. The zero-order valence-corrected chi connectivity index (χ0v) is 16.3. The van der Waals surface area contributed by atoms with E-state index < -0.39 is 30.5 Å². The van der Waals surface area contributed by atoms with E-state index in [2.05, 4.69) is 9.97 Å². The summed E-state index contributed by atoms with van der Waals surface area (Å²) in [6.45, 7) is 0.0404. The van der Waals surface area contributed by atoms with E-state index in [0.717, 1.165) is 25.0 Å². The predicted octanol–water partition coefficient (Wildman–Crippen LogP) is 3.00. The van der Waals surface area contributed by atoms with Gasteiger partial charge in [-0.05, 0) is 31.4 Å². The van der Waals surface area contributed by atoms with Crippen LogP contribution in [0.4, 0.5) is 13.2 Å². The molecule has 10 heteroatoms. The molecule has 2 aromatic rings. The Morgan fingerprint density at radius 2 is 2.10 bits per heavy atom. The Kier molecular flexibility index (Phi) is 6.76. The highest BCUT2D eigenvalue weighted by molar-refractivity contribution is 5.78. The lowest BCUT2D eigenvalue weighted by atomic mass is 9.93. The van der Waals surface area contributed by atoms with E-state index >= 15 is 0 Å². The Bertz CT molecular complexity index is 861. The molecule has 1 N–H and O–H groups in total. The van der Waals surface area contributed by atoms with Gasteiger partial charge in [0.1, 0.15) is 11.9 Å². The first-order valence-corrected chi connectivity index (χ1v) is 9.42. The maximum absolute atomic E-state index is 12.7. The van der Waals surface area contributed by atoms with Crippen LogP contribution in [-0.2, 0) is 11.0 Å². The summed E-state index contributed by atoms with van der Waals surface area (Å²) in [6.07, 6.45) is 0.416. The van der Waals surface area contributed by atoms with Crippen molar-refractivity contribution in [2.75, 3.05) is 20.3 Å². The molecule has 1 aliphatic heterocycles. The summed E-state index contributed by atoms with van der Waals surface area (Å²) in [5, 5.41) is 10.9. The van der Waals surface area contributed by atoms with Crippen LogP contribution in [0.25, 0.3) is 0 Å². The zero-order valence-electron chi connectivity index (χ0n) is 16.3. The molecule has 2 atom stereocenters. The second-order valence-electron chi connectivity index (χ2n) is 6.88. The van der Waals surface area contributed by atoms with Crippen LogP contribution in [0.2, 0.25) is 0 Å². The number of likely N-dealkylation sites (tertiary alicyclic amines) is 1. The van der Waals surface area contributed by atoms with Gasteiger partial charge in [0.25, 0.3) is 5.91 Å². The molecule has 0 saturated carbocycles. The fraction of sp³-hybridized carbons (Fsp3) is 0.450. The van der Waals surface area contributed by atoms with E-state index in [9.17, 15) is 23.1 Å². The second kappa shape index (κ2) is 9.29. The van der Waals surface area contributed by atoms with Gasteiger partial charge in [-0.15, -0.1) is 0 Å². The van der Waals surface area contributed by atoms with E-state index in [1.807, 2.05) is 0 Å². The number of methoxy groups -OCH3 is 1. The minimum absolute atomic E-state index is 0.0839. The number of piperidine rings is 1. The molecule has 2 aromatic heterocycles. The molecule has 30 heavy (non-hydrogen) atoms. The molecule has 1 saturated heterocycles. The van der Waals surface area contributed by atoms with Crippen LogP contribution < -0.4 is 9.47 Å². The van der Waals surface area contributed by atoms with E-state index in [1.54, 1.807) is 12.3 Å². The first kappa shape index (κ1) is 21.8. The standard InChI is InChI=1S/C20H22F3N3O4/c1-29-16-7-8-24-11-14(16)19(28)15-4-2-3-9-26(15)18(27)12-30-17-6-5-13(10-25-17)20(21,22)23/h5-8,10-11,15,19,28H,2-4,9,12H2,1H3/t15-,19?/m1/s1. The Labute approximate surface area is 171 Å². The van der Waals surface area contributed by atoms with Gasteiger partial charge in [-0.3, -0.25) is 9.78 Å². The van der Waals surface area contributed by atoms with Crippen molar-refractivity contribution < 1.29 is 32.5 Å². The molecule has 0 bridgehead atoms. The molecule has 0 spiro atoms. The third-order valence-corrected chi connectivity index (χ3v) is 4.99. The number of aromatic nitrogens is 2. The number of alkyl halides is 3. The molecule has 1 amide bonds. The lowest BCUT2D eigenvalue weighted by molar-refractivity contribution is -0.141. The van der Waals surface area contributed by atoms with Crippen LogP contribution >= 0.6 is 0 Å². The minimum atomic E-state index is -4.49. The van der Waals surface area contributed by atoms with Gasteiger partial charge in [-0.1, -0.05) is 0 Å². The Morgan fingerprint density at radius 3 is 2.77 bits per heavy atom. The lowest BCUT2D eigenvalue weighted by Crippen LogP contribution is -2.48. The number of carbonyl (C=O) groups excluding carboxylic acids is 1. The van der Waals surface area contributed by atoms with Gasteiger partial charge in [0.15, 0.2) is 6.61 Å². The van der Waals surface area contributed by atoms with Gasteiger partial charge in [0.05, 0.1) is 18.7 Å². The zero-order chi connectivity index (χ0) is 21.7. The highest BCUT2D eigenvalue weighted by atomic mass is 19.4. The number of pyridine rings is 2. The van der Waals surface area contributed by atoms with Crippen LogP contribution in [0.1, 0.15) is 36.5 Å². The monoisotopic (exact) mass is 425 g/mol. The highest BCUT2D eigenvalue weighted by Crippen LogP contribution is 2.33. The molecule has 0 aromatic carbocycles. The SMILES string of the molecule is COc1ccncc1C(O)[C@H]1CCCCN1C(=O)COc1ccc(C(F)(F)F)cn1. The summed E-state index contributed by atoms with van der Waals surface area (Å²) in [7, 11) is 1.49. The number of amides is 1. The normalized spacial score (nSPS) is 18.0. The molecular weight excluding hydrogens is 403 g/mol. The molecule has 3 heterocycles. The van der Waals surface area contributed by atoms with Crippen molar-refractivity contribution in [3.63, 3.8) is 0 Å². The second-order valence-corrected chi connectivity index (χ2v) is 6.88. The van der Waals surface area contributed by atoms with Crippen LogP contribution in [0, 0.1) is 0 Å². The Balaban J connectivity index is 1.67. The third-order valence-electron chi connectivity index (χ3n) is 4.99. The molecule has 0 radical (unpaired) electrons. The number of rotatable bonds is 6. The van der Waals surface area contributed by atoms with Gasteiger partial charge in [0, 0.05) is 36.8 Å². The van der Waals surface area contributed by atoms with Crippen molar-refractivity contribution in [1.82, 2.24) is 14.9 Å². The summed E-state index contributed by atoms with van der Waals surface area (Å²) < 4.78 is 48.4. The third kappa shape index (κ3) is 4.99. The van der Waals surface area contributed by atoms with E-state index in [4.69, 9.17) is 9.47 Å². The topological polar surface area (TPSA) is 84.8 Å². The molecule has 7 nitrogen and oxygen atoms in total. The first-order valence-electron chi connectivity index (χ1n) is 9.42. The van der Waals surface area contributed by atoms with Crippen LogP contribution in [0.3, 0.4) is 0 Å². The summed E-state index contributed by atoms with van der Waals surface area (Å²) in [4.78, 5) is 21.9. The molecule has 3 rings (SSSR count). The number of hydrogen-bond donors (Lipinski definition) is 1. The summed E-state index contributed by atoms with van der Waals surface area (Å²) in [5.41, 5.74) is -0.416. The Morgan fingerprint density at radius 1 is 1.30 bits per heavy atom. The maximum Gasteiger partial charge on any atom is 0.417 e.